The van der Waals surface area contributed by atoms with E-state index in [9.17, 15) is 4.79 Å². The van der Waals surface area contributed by atoms with E-state index in [1.54, 1.807) is 0 Å². The van der Waals surface area contributed by atoms with Gasteiger partial charge in [-0.2, -0.15) is 0 Å². The molecule has 0 aliphatic heterocycles. The molecule has 3 nitrogen and oxygen atoms in total. The number of hydrogen-bond acceptors (Lipinski definition) is 2. The second kappa shape index (κ2) is 7.28. The molecule has 1 atom stereocenters. The molecule has 1 aromatic rings. The van der Waals surface area contributed by atoms with Crippen molar-refractivity contribution in [3.8, 4) is 0 Å². The highest BCUT2D eigenvalue weighted by Gasteiger charge is 2.33. The molecule has 0 bridgehead atoms. The smallest absolute Gasteiger partial charge is 0.221 e. The molecular weight excluding hydrogens is 284 g/mol. The Kier molecular flexibility index (Phi) is 5.65. The van der Waals surface area contributed by atoms with Crippen molar-refractivity contribution in [1.29, 1.82) is 0 Å². The summed E-state index contributed by atoms with van der Waals surface area (Å²) >= 11 is 5.89. The maximum absolute atomic E-state index is 12.3. The number of amides is 1. The normalized spacial score (nSPS) is 19.0. The molecule has 1 amide bonds. The lowest BCUT2D eigenvalue weighted by molar-refractivity contribution is -0.124. The molecule has 1 saturated carbocycles. The predicted octanol–water partition coefficient (Wildman–Crippen LogP) is 3.82. The molecule has 2 rings (SSSR count). The Morgan fingerprint density at radius 2 is 1.90 bits per heavy atom. The molecule has 1 aliphatic carbocycles. The number of carbonyl (C=O) groups is 1. The van der Waals surface area contributed by atoms with Crippen LogP contribution in [0.15, 0.2) is 24.3 Å². The summed E-state index contributed by atoms with van der Waals surface area (Å²) in [6.45, 7) is 2.60. The zero-order chi connectivity index (χ0) is 15.3. The second-order valence-corrected chi connectivity index (χ2v) is 6.72. The number of nitrogens with two attached hydrogens (primary N) is 1. The van der Waals surface area contributed by atoms with Crippen LogP contribution >= 0.6 is 11.6 Å². The van der Waals surface area contributed by atoms with Crippen LogP contribution in [0.4, 0.5) is 0 Å². The second-order valence-electron chi connectivity index (χ2n) is 6.28. The number of halogens is 1. The topological polar surface area (TPSA) is 55.1 Å². The van der Waals surface area contributed by atoms with E-state index in [0.29, 0.717) is 18.0 Å². The minimum absolute atomic E-state index is 0.00631. The van der Waals surface area contributed by atoms with Gasteiger partial charge in [-0.3, -0.25) is 4.79 Å². The van der Waals surface area contributed by atoms with Crippen molar-refractivity contribution < 1.29 is 4.79 Å². The maximum Gasteiger partial charge on any atom is 0.221 e. The quantitative estimate of drug-likeness (QED) is 0.869. The maximum atomic E-state index is 12.3. The Morgan fingerprint density at radius 1 is 1.29 bits per heavy atom. The first-order chi connectivity index (χ1) is 10.0. The fraction of sp³-hybridized carbons (Fsp3) is 0.588. The van der Waals surface area contributed by atoms with Crippen molar-refractivity contribution >= 4 is 17.5 Å². The Balaban J connectivity index is 1.92. The molecule has 1 aliphatic rings. The highest BCUT2D eigenvalue weighted by molar-refractivity contribution is 6.30. The zero-order valence-corrected chi connectivity index (χ0v) is 13.5. The van der Waals surface area contributed by atoms with E-state index < -0.39 is 0 Å². The van der Waals surface area contributed by atoms with E-state index in [4.69, 9.17) is 17.3 Å². The number of rotatable bonds is 5. The zero-order valence-electron chi connectivity index (χ0n) is 12.7. The van der Waals surface area contributed by atoms with Gasteiger partial charge in [0.25, 0.3) is 0 Å². The third kappa shape index (κ3) is 4.45. The molecule has 0 heterocycles. The van der Waals surface area contributed by atoms with Gasteiger partial charge in [0.1, 0.15) is 0 Å². The molecule has 116 valence electrons. The van der Waals surface area contributed by atoms with Gasteiger partial charge in [0.15, 0.2) is 0 Å². The molecule has 1 aromatic carbocycles. The first-order valence-corrected chi connectivity index (χ1v) is 8.17. The summed E-state index contributed by atoms with van der Waals surface area (Å²) in [5.74, 6) is 0.102. The molecule has 0 saturated heterocycles. The van der Waals surface area contributed by atoms with Crippen LogP contribution in [0.2, 0.25) is 5.02 Å². The predicted molar refractivity (Wildman–Crippen MR) is 87.2 cm³/mol. The third-order valence-electron chi connectivity index (χ3n) is 4.63. The van der Waals surface area contributed by atoms with E-state index in [0.717, 1.165) is 18.4 Å². The largest absolute Gasteiger partial charge is 0.350 e. The monoisotopic (exact) mass is 308 g/mol. The van der Waals surface area contributed by atoms with Gasteiger partial charge in [-0.25, -0.2) is 0 Å². The lowest BCUT2D eigenvalue weighted by Gasteiger charge is -2.36. The van der Waals surface area contributed by atoms with Gasteiger partial charge in [-0.05, 0) is 49.4 Å². The van der Waals surface area contributed by atoms with E-state index in [1.807, 2.05) is 31.2 Å². The highest BCUT2D eigenvalue weighted by Crippen LogP contribution is 2.38. The minimum Gasteiger partial charge on any atom is -0.350 e. The van der Waals surface area contributed by atoms with E-state index >= 15 is 0 Å². The lowest BCUT2D eigenvalue weighted by atomic mass is 9.71. The Bertz CT molecular complexity index is 466. The number of benzene rings is 1. The van der Waals surface area contributed by atoms with Gasteiger partial charge < -0.3 is 11.1 Å². The molecule has 0 radical (unpaired) electrons. The number of nitrogens with one attached hydrogen (secondary N) is 1. The van der Waals surface area contributed by atoms with Gasteiger partial charge >= 0.3 is 0 Å². The van der Waals surface area contributed by atoms with Crippen molar-refractivity contribution in [2.45, 2.75) is 51.5 Å². The van der Waals surface area contributed by atoms with Crippen molar-refractivity contribution in [2.75, 3.05) is 6.54 Å². The first kappa shape index (κ1) is 16.3. The fourth-order valence-corrected chi connectivity index (χ4v) is 3.35. The van der Waals surface area contributed by atoms with Crippen LogP contribution in [0, 0.1) is 5.41 Å². The molecular formula is C17H25ClN2O. The summed E-state index contributed by atoms with van der Waals surface area (Å²) < 4.78 is 0. The van der Waals surface area contributed by atoms with Crippen LogP contribution in [-0.2, 0) is 4.79 Å². The van der Waals surface area contributed by atoms with E-state index in [2.05, 4.69) is 5.32 Å². The molecule has 0 spiro atoms. The summed E-state index contributed by atoms with van der Waals surface area (Å²) in [5, 5.41) is 3.79. The average Bonchev–Trinajstić information content (AvgIpc) is 2.48. The first-order valence-electron chi connectivity index (χ1n) is 7.80. The lowest BCUT2D eigenvalue weighted by Crippen LogP contribution is -2.39. The SMILES string of the molecule is C[C@H](NC(=O)CC1(CN)CCCCC1)c1ccc(Cl)cc1. The summed E-state index contributed by atoms with van der Waals surface area (Å²) in [6, 6.07) is 7.59. The van der Waals surface area contributed by atoms with Crippen LogP contribution in [0.1, 0.15) is 57.1 Å². The summed E-state index contributed by atoms with van der Waals surface area (Å²) in [6.07, 6.45) is 6.35. The number of hydrogen-bond donors (Lipinski definition) is 2. The minimum atomic E-state index is -0.00631. The van der Waals surface area contributed by atoms with E-state index in [1.165, 1.54) is 19.3 Å². The fourth-order valence-electron chi connectivity index (χ4n) is 3.22. The molecule has 4 heteroatoms. The number of carbonyl (C=O) groups excluding carboxylic acids is 1. The summed E-state index contributed by atoms with van der Waals surface area (Å²) in [7, 11) is 0. The molecule has 0 aromatic heterocycles. The molecule has 1 fully saturated rings. The van der Waals surface area contributed by atoms with Gasteiger partial charge in [-0.1, -0.05) is 43.0 Å². The summed E-state index contributed by atoms with van der Waals surface area (Å²) in [4.78, 5) is 12.3. The van der Waals surface area contributed by atoms with Crippen LogP contribution in [0.3, 0.4) is 0 Å². The van der Waals surface area contributed by atoms with Gasteiger partial charge in [-0.15, -0.1) is 0 Å². The van der Waals surface area contributed by atoms with Crippen LogP contribution < -0.4 is 11.1 Å². The van der Waals surface area contributed by atoms with Crippen LogP contribution in [0.5, 0.6) is 0 Å². The van der Waals surface area contributed by atoms with Crippen molar-refractivity contribution in [3.05, 3.63) is 34.9 Å². The van der Waals surface area contributed by atoms with Crippen LogP contribution in [-0.4, -0.2) is 12.5 Å². The van der Waals surface area contributed by atoms with Crippen molar-refractivity contribution in [2.24, 2.45) is 11.1 Å². The Hall–Kier alpha value is -1.06. The van der Waals surface area contributed by atoms with Gasteiger partial charge in [0.2, 0.25) is 5.91 Å². The average molecular weight is 309 g/mol. The van der Waals surface area contributed by atoms with Gasteiger partial charge in [0, 0.05) is 11.4 Å². The standard InChI is InChI=1S/C17H25ClN2O/c1-13(14-5-7-15(18)8-6-14)20-16(21)11-17(12-19)9-3-2-4-10-17/h5-8,13H,2-4,9-12,19H2,1H3,(H,20,21)/t13-/m0/s1. The Morgan fingerprint density at radius 3 is 2.48 bits per heavy atom. The van der Waals surface area contributed by atoms with E-state index in [-0.39, 0.29) is 17.4 Å². The molecule has 3 N–H and O–H groups in total. The van der Waals surface area contributed by atoms with Gasteiger partial charge in [0.05, 0.1) is 6.04 Å². The third-order valence-corrected chi connectivity index (χ3v) is 4.88. The van der Waals surface area contributed by atoms with Crippen molar-refractivity contribution in [3.63, 3.8) is 0 Å². The summed E-state index contributed by atoms with van der Waals surface area (Å²) in [5.41, 5.74) is 7.03. The van der Waals surface area contributed by atoms with Crippen LogP contribution in [0.25, 0.3) is 0 Å². The molecule has 0 unspecified atom stereocenters. The van der Waals surface area contributed by atoms with Crippen molar-refractivity contribution in [1.82, 2.24) is 5.32 Å². The Labute approximate surface area is 132 Å². The molecule has 21 heavy (non-hydrogen) atoms. The highest BCUT2D eigenvalue weighted by atomic mass is 35.5.